The van der Waals surface area contributed by atoms with Gasteiger partial charge >= 0.3 is 0 Å². The molecule has 1 rings (SSSR count). The standard InChI is InChI=1S/C7H11N3OS/c1-5(2)3-8-7(11)6-4-9-12-10-6/h4-5H,3H2,1-2H3,(H,8,11). The molecule has 0 unspecified atom stereocenters. The molecule has 0 fully saturated rings. The molecule has 0 aliphatic heterocycles. The number of nitrogens with zero attached hydrogens (tertiary/aromatic N) is 2. The normalized spacial score (nSPS) is 10.2. The van der Waals surface area contributed by atoms with Crippen LogP contribution in [0.3, 0.4) is 0 Å². The second kappa shape index (κ2) is 4.15. The summed E-state index contributed by atoms with van der Waals surface area (Å²) in [5.41, 5.74) is 0.403. The Morgan fingerprint density at radius 1 is 1.75 bits per heavy atom. The van der Waals surface area contributed by atoms with Crippen molar-refractivity contribution >= 4 is 17.6 Å². The lowest BCUT2D eigenvalue weighted by Gasteiger charge is -2.04. The van der Waals surface area contributed by atoms with Crippen LogP contribution in [0.25, 0.3) is 0 Å². The zero-order valence-electron chi connectivity index (χ0n) is 7.07. The molecule has 0 saturated heterocycles. The molecule has 5 heteroatoms. The van der Waals surface area contributed by atoms with Crippen LogP contribution in [-0.2, 0) is 0 Å². The van der Waals surface area contributed by atoms with Crippen LogP contribution in [0.5, 0.6) is 0 Å². The van der Waals surface area contributed by atoms with Gasteiger partial charge in [-0.1, -0.05) is 13.8 Å². The largest absolute Gasteiger partial charge is 0.350 e. The highest BCUT2D eigenvalue weighted by Crippen LogP contribution is 1.95. The number of hydrogen-bond acceptors (Lipinski definition) is 4. The first-order valence-corrected chi connectivity index (χ1v) is 4.49. The van der Waals surface area contributed by atoms with E-state index < -0.39 is 0 Å². The maximum Gasteiger partial charge on any atom is 0.272 e. The highest BCUT2D eigenvalue weighted by atomic mass is 32.1. The maximum atomic E-state index is 11.2. The van der Waals surface area contributed by atoms with E-state index >= 15 is 0 Å². The zero-order valence-corrected chi connectivity index (χ0v) is 7.89. The Morgan fingerprint density at radius 3 is 3.00 bits per heavy atom. The van der Waals surface area contributed by atoms with Gasteiger partial charge in [-0.25, -0.2) is 0 Å². The van der Waals surface area contributed by atoms with Crippen LogP contribution in [0.15, 0.2) is 6.20 Å². The van der Waals surface area contributed by atoms with E-state index in [1.807, 2.05) is 13.8 Å². The number of nitrogens with one attached hydrogen (secondary N) is 1. The fourth-order valence-electron chi connectivity index (χ4n) is 0.652. The third-order valence-corrected chi connectivity index (χ3v) is 1.74. The summed E-state index contributed by atoms with van der Waals surface area (Å²) >= 11 is 1.04. The quantitative estimate of drug-likeness (QED) is 0.762. The van der Waals surface area contributed by atoms with Crippen molar-refractivity contribution in [2.24, 2.45) is 5.92 Å². The van der Waals surface area contributed by atoms with Gasteiger partial charge in [0, 0.05) is 6.54 Å². The Balaban J connectivity index is 2.40. The Morgan fingerprint density at radius 2 is 2.50 bits per heavy atom. The molecule has 0 radical (unpaired) electrons. The third-order valence-electron chi connectivity index (χ3n) is 1.26. The first-order chi connectivity index (χ1) is 5.70. The first-order valence-electron chi connectivity index (χ1n) is 3.76. The summed E-state index contributed by atoms with van der Waals surface area (Å²) in [5.74, 6) is 0.318. The van der Waals surface area contributed by atoms with Gasteiger partial charge in [-0.3, -0.25) is 4.79 Å². The fraction of sp³-hybridized carbons (Fsp3) is 0.571. The van der Waals surface area contributed by atoms with E-state index in [9.17, 15) is 4.79 Å². The zero-order chi connectivity index (χ0) is 8.97. The molecule has 0 spiro atoms. The number of hydrogen-bond donors (Lipinski definition) is 1. The maximum absolute atomic E-state index is 11.2. The number of carbonyl (C=O) groups is 1. The third kappa shape index (κ3) is 2.58. The monoisotopic (exact) mass is 185 g/mol. The predicted molar refractivity (Wildman–Crippen MR) is 47.1 cm³/mol. The summed E-state index contributed by atoms with van der Waals surface area (Å²) in [4.78, 5) is 11.2. The van der Waals surface area contributed by atoms with E-state index in [0.717, 1.165) is 11.7 Å². The minimum Gasteiger partial charge on any atom is -0.350 e. The summed E-state index contributed by atoms with van der Waals surface area (Å²) in [5, 5.41) is 2.75. The van der Waals surface area contributed by atoms with Crippen molar-refractivity contribution in [3.8, 4) is 0 Å². The summed E-state index contributed by atoms with van der Waals surface area (Å²) in [7, 11) is 0. The fourth-order valence-corrected chi connectivity index (χ4v) is 1.06. The van der Waals surface area contributed by atoms with Gasteiger partial charge in [0.05, 0.1) is 17.9 Å². The van der Waals surface area contributed by atoms with E-state index in [1.165, 1.54) is 6.20 Å². The summed E-state index contributed by atoms with van der Waals surface area (Å²) in [6.07, 6.45) is 1.47. The Bertz CT molecular complexity index is 245. The van der Waals surface area contributed by atoms with Crippen molar-refractivity contribution in [1.29, 1.82) is 0 Å². The van der Waals surface area contributed by atoms with Crippen LogP contribution < -0.4 is 5.32 Å². The molecule has 1 N–H and O–H groups in total. The van der Waals surface area contributed by atoms with Crippen LogP contribution in [0, 0.1) is 5.92 Å². The minimum atomic E-state index is -0.141. The highest BCUT2D eigenvalue weighted by Gasteiger charge is 2.07. The highest BCUT2D eigenvalue weighted by molar-refractivity contribution is 6.99. The number of amides is 1. The van der Waals surface area contributed by atoms with E-state index in [0.29, 0.717) is 18.2 Å². The first kappa shape index (κ1) is 9.12. The van der Waals surface area contributed by atoms with Crippen molar-refractivity contribution in [3.63, 3.8) is 0 Å². The smallest absolute Gasteiger partial charge is 0.272 e. The van der Waals surface area contributed by atoms with Gasteiger partial charge in [-0.15, -0.1) is 0 Å². The summed E-state index contributed by atoms with van der Waals surface area (Å²) in [6.45, 7) is 4.76. The average Bonchev–Trinajstić information content (AvgIpc) is 2.51. The molecule has 0 aliphatic carbocycles. The lowest BCUT2D eigenvalue weighted by atomic mass is 10.2. The number of rotatable bonds is 3. The molecule has 0 aromatic carbocycles. The van der Waals surface area contributed by atoms with E-state index in [-0.39, 0.29) is 5.91 Å². The number of carbonyl (C=O) groups excluding carboxylic acids is 1. The van der Waals surface area contributed by atoms with E-state index in [2.05, 4.69) is 14.1 Å². The van der Waals surface area contributed by atoms with Gasteiger partial charge in [0.15, 0.2) is 5.69 Å². The van der Waals surface area contributed by atoms with Crippen molar-refractivity contribution < 1.29 is 4.79 Å². The lowest BCUT2D eigenvalue weighted by molar-refractivity contribution is 0.0945. The van der Waals surface area contributed by atoms with Crippen molar-refractivity contribution in [2.45, 2.75) is 13.8 Å². The molecule has 1 aromatic rings. The molecule has 0 aliphatic rings. The van der Waals surface area contributed by atoms with Gasteiger partial charge in [-0.2, -0.15) is 8.75 Å². The van der Waals surface area contributed by atoms with Crippen LogP contribution >= 0.6 is 11.7 Å². The van der Waals surface area contributed by atoms with Crippen molar-refractivity contribution in [3.05, 3.63) is 11.9 Å². The lowest BCUT2D eigenvalue weighted by Crippen LogP contribution is -2.27. The molecule has 1 aromatic heterocycles. The summed E-state index contributed by atoms with van der Waals surface area (Å²) in [6, 6.07) is 0. The van der Waals surface area contributed by atoms with E-state index in [4.69, 9.17) is 0 Å². The second-order valence-corrected chi connectivity index (χ2v) is 3.45. The molecule has 1 amide bonds. The van der Waals surface area contributed by atoms with Gasteiger partial charge in [-0.05, 0) is 5.92 Å². The topological polar surface area (TPSA) is 54.9 Å². The van der Waals surface area contributed by atoms with Crippen molar-refractivity contribution in [1.82, 2.24) is 14.1 Å². The molecule has 4 nitrogen and oxygen atoms in total. The average molecular weight is 185 g/mol. The predicted octanol–water partition coefficient (Wildman–Crippen LogP) is 0.924. The van der Waals surface area contributed by atoms with Gasteiger partial charge < -0.3 is 5.32 Å². The molecule has 0 bridgehead atoms. The van der Waals surface area contributed by atoms with E-state index in [1.54, 1.807) is 0 Å². The SMILES string of the molecule is CC(C)CNC(=O)c1cnsn1. The van der Waals surface area contributed by atoms with Gasteiger partial charge in [0.1, 0.15) is 0 Å². The molecular formula is C7H11N3OS. The molecule has 66 valence electrons. The Kier molecular flexibility index (Phi) is 3.16. The van der Waals surface area contributed by atoms with Gasteiger partial charge in [0.25, 0.3) is 5.91 Å². The molecule has 12 heavy (non-hydrogen) atoms. The van der Waals surface area contributed by atoms with Crippen LogP contribution in [0.4, 0.5) is 0 Å². The second-order valence-electron chi connectivity index (χ2n) is 2.90. The molecule has 0 atom stereocenters. The number of aromatic nitrogens is 2. The van der Waals surface area contributed by atoms with Crippen LogP contribution in [0.1, 0.15) is 24.3 Å². The molecular weight excluding hydrogens is 174 g/mol. The van der Waals surface area contributed by atoms with Gasteiger partial charge in [0.2, 0.25) is 0 Å². The summed E-state index contributed by atoms with van der Waals surface area (Å²) < 4.78 is 7.55. The minimum absolute atomic E-state index is 0.141. The molecule has 1 heterocycles. The van der Waals surface area contributed by atoms with Crippen molar-refractivity contribution in [2.75, 3.05) is 6.54 Å². The Labute approximate surface area is 75.3 Å². The van der Waals surface area contributed by atoms with Crippen LogP contribution in [0.2, 0.25) is 0 Å². The Hall–Kier alpha value is -0.970. The van der Waals surface area contributed by atoms with Crippen LogP contribution in [-0.4, -0.2) is 21.2 Å². The molecule has 0 saturated carbocycles.